The van der Waals surface area contributed by atoms with Gasteiger partial charge in [-0.05, 0) is 12.1 Å². The van der Waals surface area contributed by atoms with Crippen LogP contribution in [-0.4, -0.2) is 62.2 Å². The van der Waals surface area contributed by atoms with Crippen molar-refractivity contribution >= 4 is 16.9 Å². The van der Waals surface area contributed by atoms with E-state index in [1.807, 2.05) is 0 Å². The normalized spacial score (nSPS) is 26.0. The highest BCUT2D eigenvalue weighted by Crippen LogP contribution is 2.37. The van der Waals surface area contributed by atoms with Crippen LogP contribution in [0.15, 0.2) is 57.7 Å². The number of carbonyl (C=O) groups is 1. The van der Waals surface area contributed by atoms with Crippen LogP contribution in [0.5, 0.6) is 11.5 Å². The van der Waals surface area contributed by atoms with Crippen LogP contribution >= 0.6 is 0 Å². The summed E-state index contributed by atoms with van der Waals surface area (Å²) in [6, 6.07) is 12.5. The Hall–Kier alpha value is -3.44. The summed E-state index contributed by atoms with van der Waals surface area (Å²) in [5.41, 5.74) is -0.00965. The van der Waals surface area contributed by atoms with Gasteiger partial charge in [-0.25, -0.2) is 4.79 Å². The monoisotopic (exact) mass is 430 g/mol. The molecule has 4 rings (SSSR count). The van der Waals surface area contributed by atoms with Crippen molar-refractivity contribution in [3.05, 3.63) is 58.8 Å². The Morgan fingerprint density at radius 2 is 1.68 bits per heavy atom. The van der Waals surface area contributed by atoms with Gasteiger partial charge in [-0.15, -0.1) is 0 Å². The van der Waals surface area contributed by atoms with Crippen molar-refractivity contribution in [1.29, 1.82) is 0 Å². The molecule has 0 radical (unpaired) electrons. The van der Waals surface area contributed by atoms with Crippen molar-refractivity contribution in [2.75, 3.05) is 0 Å². The van der Waals surface area contributed by atoms with E-state index in [0.29, 0.717) is 5.56 Å². The molecule has 10 heteroatoms. The van der Waals surface area contributed by atoms with Crippen molar-refractivity contribution in [1.82, 2.24) is 0 Å². The predicted octanol–water partition coefficient (Wildman–Crippen LogP) is 0.437. The molecule has 3 aromatic rings. The Morgan fingerprint density at radius 3 is 2.35 bits per heavy atom. The zero-order chi connectivity index (χ0) is 22.3. The lowest BCUT2D eigenvalue weighted by Gasteiger charge is -2.38. The second-order valence-corrected chi connectivity index (χ2v) is 6.98. The van der Waals surface area contributed by atoms with E-state index < -0.39 is 47.9 Å². The molecule has 1 aliphatic heterocycles. The van der Waals surface area contributed by atoms with Gasteiger partial charge in [0, 0.05) is 11.6 Å². The third-order valence-corrected chi connectivity index (χ3v) is 4.95. The summed E-state index contributed by atoms with van der Waals surface area (Å²) in [5.74, 6) is -2.26. The number of aromatic hydroxyl groups is 1. The van der Waals surface area contributed by atoms with E-state index >= 15 is 0 Å². The standard InChI is InChI=1S/C21H18O10/c22-11-8-13(9-4-2-1-3-5-9)29-18-10(11)6-7-12(14(18)23)30-21-17(26)15(24)16(25)19(31-21)20(27)28/h1-8,15-17,19,21,23-26H,(H,27,28)/t15-,16-,17+,19-,21+/m0/s1. The fraction of sp³-hybridized carbons (Fsp3) is 0.238. The second kappa shape index (κ2) is 8.00. The maximum atomic E-state index is 12.5. The van der Waals surface area contributed by atoms with Gasteiger partial charge < -0.3 is 39.4 Å². The number of hydrogen-bond acceptors (Lipinski definition) is 9. The minimum atomic E-state index is -1.89. The molecule has 2 aromatic carbocycles. The first-order valence-corrected chi connectivity index (χ1v) is 9.22. The highest BCUT2D eigenvalue weighted by molar-refractivity contribution is 5.86. The summed E-state index contributed by atoms with van der Waals surface area (Å²) in [6.07, 6.45) is -9.17. The van der Waals surface area contributed by atoms with Gasteiger partial charge in [0.05, 0.1) is 5.39 Å². The molecule has 0 spiro atoms. The SMILES string of the molecule is O=C(O)[C@H]1O[C@@H](Oc2ccc3c(=O)cc(-c4ccccc4)oc3c2O)[C@H](O)[C@@H](O)[C@@H]1O. The van der Waals surface area contributed by atoms with Gasteiger partial charge in [0.1, 0.15) is 24.1 Å². The highest BCUT2D eigenvalue weighted by Gasteiger charge is 2.48. The lowest BCUT2D eigenvalue weighted by atomic mass is 9.99. The number of ether oxygens (including phenoxy) is 2. The highest BCUT2D eigenvalue weighted by atomic mass is 16.7. The van der Waals surface area contributed by atoms with Crippen molar-refractivity contribution < 1.29 is 44.2 Å². The van der Waals surface area contributed by atoms with Gasteiger partial charge in [-0.3, -0.25) is 4.79 Å². The van der Waals surface area contributed by atoms with Crippen LogP contribution in [0, 0.1) is 0 Å². The van der Waals surface area contributed by atoms with Crippen LogP contribution in [0.3, 0.4) is 0 Å². The van der Waals surface area contributed by atoms with E-state index in [9.17, 15) is 30.0 Å². The topological polar surface area (TPSA) is 167 Å². The fourth-order valence-electron chi connectivity index (χ4n) is 3.30. The molecule has 0 aliphatic carbocycles. The number of rotatable bonds is 4. The van der Waals surface area contributed by atoms with Crippen LogP contribution in [0.25, 0.3) is 22.3 Å². The first kappa shape index (κ1) is 20.8. The smallest absolute Gasteiger partial charge is 0.335 e. The molecule has 1 aromatic heterocycles. The first-order chi connectivity index (χ1) is 14.8. The molecule has 5 atom stereocenters. The van der Waals surface area contributed by atoms with Crippen molar-refractivity contribution in [2.24, 2.45) is 0 Å². The summed E-state index contributed by atoms with van der Waals surface area (Å²) in [6.45, 7) is 0. The minimum Gasteiger partial charge on any atom is -0.502 e. The Balaban J connectivity index is 1.72. The number of benzene rings is 2. The van der Waals surface area contributed by atoms with Crippen LogP contribution in [0.1, 0.15) is 0 Å². The van der Waals surface area contributed by atoms with E-state index in [4.69, 9.17) is 19.0 Å². The summed E-state index contributed by atoms with van der Waals surface area (Å²) < 4.78 is 16.1. The predicted molar refractivity (Wildman–Crippen MR) is 105 cm³/mol. The molecular weight excluding hydrogens is 412 g/mol. The van der Waals surface area contributed by atoms with Crippen LogP contribution in [-0.2, 0) is 9.53 Å². The number of fused-ring (bicyclic) bond motifs is 1. The van der Waals surface area contributed by atoms with Crippen molar-refractivity contribution in [3.8, 4) is 22.8 Å². The second-order valence-electron chi connectivity index (χ2n) is 6.98. The summed E-state index contributed by atoms with van der Waals surface area (Å²) >= 11 is 0. The molecule has 10 nitrogen and oxygen atoms in total. The van der Waals surface area contributed by atoms with Crippen LogP contribution < -0.4 is 10.2 Å². The molecule has 0 amide bonds. The summed E-state index contributed by atoms with van der Waals surface area (Å²) in [4.78, 5) is 23.7. The van der Waals surface area contributed by atoms with Crippen LogP contribution in [0.4, 0.5) is 0 Å². The lowest BCUT2D eigenvalue weighted by Crippen LogP contribution is -2.61. The molecule has 0 saturated carbocycles. The Labute approximate surface area is 174 Å². The maximum Gasteiger partial charge on any atom is 0.335 e. The first-order valence-electron chi connectivity index (χ1n) is 9.22. The van der Waals surface area contributed by atoms with Crippen LogP contribution in [0.2, 0.25) is 0 Å². The zero-order valence-corrected chi connectivity index (χ0v) is 15.8. The lowest BCUT2D eigenvalue weighted by molar-refractivity contribution is -0.271. The molecule has 2 heterocycles. The van der Waals surface area contributed by atoms with Gasteiger partial charge in [0.15, 0.2) is 22.9 Å². The van der Waals surface area contributed by atoms with Gasteiger partial charge in [0.2, 0.25) is 12.0 Å². The van der Waals surface area contributed by atoms with E-state index in [1.165, 1.54) is 18.2 Å². The number of aliphatic carboxylic acids is 1. The van der Waals surface area contributed by atoms with Gasteiger partial charge in [-0.2, -0.15) is 0 Å². The third kappa shape index (κ3) is 3.73. The summed E-state index contributed by atoms with van der Waals surface area (Å²) in [5, 5.41) is 49.6. The van der Waals surface area contributed by atoms with Crippen molar-refractivity contribution in [2.45, 2.75) is 30.7 Å². The average Bonchev–Trinajstić information content (AvgIpc) is 2.76. The van der Waals surface area contributed by atoms with Gasteiger partial charge >= 0.3 is 5.97 Å². The van der Waals surface area contributed by atoms with Gasteiger partial charge in [-0.1, -0.05) is 30.3 Å². The number of carboxylic acid groups (broad SMARTS) is 1. The largest absolute Gasteiger partial charge is 0.502 e. The Kier molecular flexibility index (Phi) is 5.38. The molecule has 0 bridgehead atoms. The fourth-order valence-corrected chi connectivity index (χ4v) is 3.30. The van der Waals surface area contributed by atoms with Crippen molar-refractivity contribution in [3.63, 3.8) is 0 Å². The maximum absolute atomic E-state index is 12.5. The molecule has 1 aliphatic rings. The molecule has 162 valence electrons. The Bertz CT molecular complexity index is 1170. The molecule has 0 unspecified atom stereocenters. The third-order valence-electron chi connectivity index (χ3n) is 4.95. The number of hydrogen-bond donors (Lipinski definition) is 5. The summed E-state index contributed by atoms with van der Waals surface area (Å²) in [7, 11) is 0. The molecular formula is C21H18O10. The number of aliphatic hydroxyl groups excluding tert-OH is 3. The molecule has 1 fully saturated rings. The van der Waals surface area contributed by atoms with E-state index in [0.717, 1.165) is 0 Å². The van der Waals surface area contributed by atoms with Gasteiger partial charge in [0.25, 0.3) is 0 Å². The van der Waals surface area contributed by atoms with E-state index in [1.54, 1.807) is 30.3 Å². The average molecular weight is 430 g/mol. The molecule has 5 N–H and O–H groups in total. The Morgan fingerprint density at radius 1 is 0.968 bits per heavy atom. The molecule has 31 heavy (non-hydrogen) atoms. The quantitative estimate of drug-likeness (QED) is 0.392. The number of aliphatic hydroxyl groups is 3. The number of carboxylic acids is 1. The molecule has 1 saturated heterocycles. The minimum absolute atomic E-state index is 0.0634. The number of phenolic OH excluding ortho intramolecular Hbond substituents is 1. The number of phenols is 1. The van der Waals surface area contributed by atoms with E-state index in [-0.39, 0.29) is 22.5 Å². The van der Waals surface area contributed by atoms with E-state index in [2.05, 4.69) is 0 Å². The zero-order valence-electron chi connectivity index (χ0n) is 15.8.